The summed E-state index contributed by atoms with van der Waals surface area (Å²) in [6, 6.07) is 6.37. The Balaban J connectivity index is 1.47. The topological polar surface area (TPSA) is 89.3 Å². The van der Waals surface area contributed by atoms with Crippen molar-refractivity contribution >= 4 is 35.0 Å². The molecule has 0 aromatic heterocycles. The van der Waals surface area contributed by atoms with E-state index in [-0.39, 0.29) is 30.2 Å². The number of hydrogen-bond donors (Lipinski definition) is 3. The molecule has 4 N–H and O–H groups in total. The monoisotopic (exact) mass is 420 g/mol. The Morgan fingerprint density at radius 1 is 1.03 bits per heavy atom. The van der Waals surface area contributed by atoms with Crippen LogP contribution in [0.5, 0.6) is 0 Å². The number of anilines is 1. The zero-order chi connectivity index (χ0) is 20.6. The zero-order valence-corrected chi connectivity index (χ0v) is 17.3. The van der Waals surface area contributed by atoms with Gasteiger partial charge < -0.3 is 15.5 Å². The van der Waals surface area contributed by atoms with Crippen LogP contribution in [0.2, 0.25) is 5.02 Å². The molecular formula is C21H29ClN4O3+2. The fourth-order valence-electron chi connectivity index (χ4n) is 5.39. The van der Waals surface area contributed by atoms with Crippen molar-refractivity contribution in [3.8, 4) is 0 Å². The molecule has 0 aliphatic carbocycles. The Morgan fingerprint density at radius 3 is 2.24 bits per heavy atom. The number of carbonyl (C=O) groups is 3. The first-order chi connectivity index (χ1) is 13.9. The Kier molecular flexibility index (Phi) is 5.64. The molecule has 1 aromatic carbocycles. The van der Waals surface area contributed by atoms with E-state index >= 15 is 0 Å². The second-order valence-electron chi connectivity index (χ2n) is 8.57. The molecule has 156 valence electrons. The van der Waals surface area contributed by atoms with Crippen LogP contribution in [-0.4, -0.2) is 55.5 Å². The van der Waals surface area contributed by atoms with Crippen LogP contribution in [0.1, 0.15) is 38.5 Å². The molecule has 3 amide bonds. The minimum Gasteiger partial charge on any atom is -0.364 e. The molecule has 1 aromatic rings. The molecule has 3 aliphatic rings. The number of nitrogens with one attached hydrogen (secondary N) is 2. The molecule has 0 unspecified atom stereocenters. The quantitative estimate of drug-likeness (QED) is 0.543. The van der Waals surface area contributed by atoms with Gasteiger partial charge in [0, 0.05) is 5.02 Å². The molecule has 0 spiro atoms. The fraction of sp³-hybridized carbons (Fsp3) is 0.571. The number of nitrogens with two attached hydrogens (primary N) is 1. The van der Waals surface area contributed by atoms with Crippen LogP contribution >= 0.6 is 11.6 Å². The summed E-state index contributed by atoms with van der Waals surface area (Å²) in [5.74, 6) is -0.558. The Bertz CT molecular complexity index is 799. The Hall–Kier alpha value is -1.96. The van der Waals surface area contributed by atoms with Crippen molar-refractivity contribution < 1.29 is 24.2 Å². The number of piperidine rings is 2. The zero-order valence-electron chi connectivity index (χ0n) is 16.6. The molecule has 4 rings (SSSR count). The molecular weight excluding hydrogens is 392 g/mol. The normalized spacial score (nSPS) is 31.3. The maximum atomic E-state index is 13.1. The lowest BCUT2D eigenvalue weighted by Gasteiger charge is -2.44. The molecule has 3 heterocycles. The van der Waals surface area contributed by atoms with Crippen LogP contribution in [0.4, 0.5) is 5.69 Å². The summed E-state index contributed by atoms with van der Waals surface area (Å²) in [5, 5.41) is 0.564. The molecule has 1 atom stereocenters. The van der Waals surface area contributed by atoms with E-state index in [2.05, 4.69) is 0 Å². The van der Waals surface area contributed by atoms with E-state index in [9.17, 15) is 14.4 Å². The van der Waals surface area contributed by atoms with Gasteiger partial charge in [-0.05, 0) is 43.5 Å². The summed E-state index contributed by atoms with van der Waals surface area (Å²) in [4.78, 5) is 41.8. The number of imide groups is 1. The van der Waals surface area contributed by atoms with Crippen LogP contribution in [0.3, 0.4) is 0 Å². The maximum absolute atomic E-state index is 13.1. The standard InChI is InChI=1S/C21H27ClN4O3/c22-15-4-6-16(7-5-15)26-18(27)14-17(19(26)28)24-12-8-21(9-13-24,20(23)29)25-10-2-1-3-11-25/h4-7,17H,1-3,8-14H2,(H2,23,29)/p+2/t17-/m1/s1. The molecule has 7 nitrogen and oxygen atoms in total. The maximum Gasteiger partial charge on any atom is 0.292 e. The van der Waals surface area contributed by atoms with Crippen molar-refractivity contribution in [1.82, 2.24) is 0 Å². The van der Waals surface area contributed by atoms with Crippen LogP contribution < -0.4 is 20.4 Å². The molecule has 0 bridgehead atoms. The van der Waals surface area contributed by atoms with Crippen molar-refractivity contribution in [2.24, 2.45) is 5.73 Å². The van der Waals surface area contributed by atoms with Gasteiger partial charge in [0.25, 0.3) is 11.8 Å². The number of halogens is 1. The van der Waals surface area contributed by atoms with Gasteiger partial charge in [-0.25, -0.2) is 4.90 Å². The van der Waals surface area contributed by atoms with Crippen LogP contribution in [0.25, 0.3) is 0 Å². The minimum absolute atomic E-state index is 0.163. The van der Waals surface area contributed by atoms with E-state index in [4.69, 9.17) is 17.3 Å². The number of rotatable bonds is 4. The molecule has 29 heavy (non-hydrogen) atoms. The van der Waals surface area contributed by atoms with E-state index in [1.165, 1.54) is 16.2 Å². The summed E-state index contributed by atoms with van der Waals surface area (Å²) >= 11 is 5.93. The van der Waals surface area contributed by atoms with Crippen LogP contribution in [-0.2, 0) is 14.4 Å². The lowest BCUT2D eigenvalue weighted by Crippen LogP contribution is -3.27. The number of amides is 3. The van der Waals surface area contributed by atoms with Gasteiger partial charge in [0.15, 0.2) is 11.6 Å². The van der Waals surface area contributed by atoms with E-state index in [1.54, 1.807) is 24.3 Å². The van der Waals surface area contributed by atoms with Crippen molar-refractivity contribution in [2.45, 2.75) is 50.1 Å². The average molecular weight is 421 g/mol. The molecule has 3 fully saturated rings. The first-order valence-corrected chi connectivity index (χ1v) is 10.9. The lowest BCUT2D eigenvalue weighted by molar-refractivity contribution is -0.978. The van der Waals surface area contributed by atoms with Crippen LogP contribution in [0, 0.1) is 0 Å². The predicted octanol–water partition coefficient (Wildman–Crippen LogP) is -1.06. The number of primary amides is 1. The molecule has 0 saturated carbocycles. The number of benzene rings is 1. The molecule has 3 saturated heterocycles. The summed E-state index contributed by atoms with van der Waals surface area (Å²) in [6.07, 6.45) is 5.03. The number of nitrogens with zero attached hydrogens (tertiary/aromatic N) is 1. The van der Waals surface area contributed by atoms with Gasteiger partial charge in [0.1, 0.15) is 0 Å². The van der Waals surface area contributed by atoms with E-state index < -0.39 is 5.54 Å². The van der Waals surface area contributed by atoms with Gasteiger partial charge in [-0.1, -0.05) is 11.6 Å². The summed E-state index contributed by atoms with van der Waals surface area (Å²) in [7, 11) is 0. The van der Waals surface area contributed by atoms with Gasteiger partial charge in [0.2, 0.25) is 5.91 Å². The predicted molar refractivity (Wildman–Crippen MR) is 109 cm³/mol. The fourth-order valence-corrected chi connectivity index (χ4v) is 5.52. The largest absolute Gasteiger partial charge is 0.364 e. The third kappa shape index (κ3) is 3.67. The summed E-state index contributed by atoms with van der Waals surface area (Å²) in [6.45, 7) is 3.35. The van der Waals surface area contributed by atoms with Gasteiger partial charge in [-0.15, -0.1) is 0 Å². The van der Waals surface area contributed by atoms with Crippen molar-refractivity contribution in [2.75, 3.05) is 31.1 Å². The van der Waals surface area contributed by atoms with Gasteiger partial charge in [-0.3, -0.25) is 14.4 Å². The van der Waals surface area contributed by atoms with Gasteiger partial charge in [0.05, 0.1) is 51.1 Å². The smallest absolute Gasteiger partial charge is 0.292 e. The highest BCUT2D eigenvalue weighted by molar-refractivity contribution is 6.30. The van der Waals surface area contributed by atoms with E-state index in [1.807, 2.05) is 0 Å². The first kappa shape index (κ1) is 20.3. The highest BCUT2D eigenvalue weighted by Crippen LogP contribution is 2.24. The van der Waals surface area contributed by atoms with E-state index in [0.29, 0.717) is 36.6 Å². The third-order valence-corrected chi connectivity index (χ3v) is 7.33. The number of carbonyl (C=O) groups excluding carboxylic acids is 3. The highest BCUT2D eigenvalue weighted by Gasteiger charge is 2.54. The first-order valence-electron chi connectivity index (χ1n) is 10.5. The average Bonchev–Trinajstić information content (AvgIpc) is 3.03. The SMILES string of the molecule is NC(=O)C1([NH+]2CCCCC2)CC[NH+]([C@@H]2CC(=O)N(c3ccc(Cl)cc3)C2=O)CC1. The van der Waals surface area contributed by atoms with Crippen molar-refractivity contribution in [3.05, 3.63) is 29.3 Å². The number of hydrogen-bond acceptors (Lipinski definition) is 3. The highest BCUT2D eigenvalue weighted by atomic mass is 35.5. The number of quaternary nitrogens is 2. The number of likely N-dealkylation sites (tertiary alicyclic amines) is 2. The van der Waals surface area contributed by atoms with Crippen molar-refractivity contribution in [3.63, 3.8) is 0 Å². The van der Waals surface area contributed by atoms with Gasteiger partial charge >= 0.3 is 0 Å². The Labute approximate surface area is 175 Å². The summed E-state index contributed by atoms with van der Waals surface area (Å²) < 4.78 is 0. The lowest BCUT2D eigenvalue weighted by atomic mass is 9.83. The van der Waals surface area contributed by atoms with Gasteiger partial charge in [-0.2, -0.15) is 0 Å². The second kappa shape index (κ2) is 8.05. The summed E-state index contributed by atoms with van der Waals surface area (Å²) in [5.41, 5.74) is 5.92. The molecule has 3 aliphatic heterocycles. The second-order valence-corrected chi connectivity index (χ2v) is 9.01. The Morgan fingerprint density at radius 2 is 1.66 bits per heavy atom. The van der Waals surface area contributed by atoms with Crippen LogP contribution in [0.15, 0.2) is 24.3 Å². The molecule has 0 radical (unpaired) electrons. The molecule has 8 heteroatoms. The minimum atomic E-state index is -0.522. The third-order valence-electron chi connectivity index (χ3n) is 7.08. The van der Waals surface area contributed by atoms with Crippen molar-refractivity contribution in [1.29, 1.82) is 0 Å². The van der Waals surface area contributed by atoms with E-state index in [0.717, 1.165) is 30.8 Å².